The normalized spacial score (nSPS) is 11.2. The van der Waals surface area contributed by atoms with E-state index in [4.69, 9.17) is 5.73 Å². The molecule has 3 nitrogen and oxygen atoms in total. The van der Waals surface area contributed by atoms with Crippen molar-refractivity contribution in [2.45, 2.75) is 90.4 Å². The largest absolute Gasteiger partial charge is 0.330 e. The van der Waals surface area contributed by atoms with Gasteiger partial charge in [0.1, 0.15) is 0 Å². The predicted octanol–water partition coefficient (Wildman–Crippen LogP) is 4.22. The SMILES string of the molecule is CCCCCCCCCCCCCNCCCNCCCN. The zero-order valence-corrected chi connectivity index (χ0v) is 15.3. The van der Waals surface area contributed by atoms with Crippen LogP contribution in [-0.4, -0.2) is 32.7 Å². The minimum atomic E-state index is 0.796. The van der Waals surface area contributed by atoms with Gasteiger partial charge < -0.3 is 16.4 Å². The number of hydrogen-bond donors (Lipinski definition) is 3. The van der Waals surface area contributed by atoms with Crippen molar-refractivity contribution in [1.29, 1.82) is 0 Å². The number of nitrogens with two attached hydrogens (primary N) is 1. The Bertz CT molecular complexity index is 166. The first-order chi connectivity index (χ1) is 10.9. The molecular weight excluding hydrogens is 270 g/mol. The van der Waals surface area contributed by atoms with Crippen LogP contribution in [0, 0.1) is 0 Å². The second-order valence-electron chi connectivity index (χ2n) is 6.53. The average Bonchev–Trinajstić information content (AvgIpc) is 2.54. The fraction of sp³-hybridized carbons (Fsp3) is 1.00. The molecule has 0 rings (SSSR count). The van der Waals surface area contributed by atoms with Gasteiger partial charge in [-0.3, -0.25) is 0 Å². The van der Waals surface area contributed by atoms with Gasteiger partial charge >= 0.3 is 0 Å². The summed E-state index contributed by atoms with van der Waals surface area (Å²) in [6.07, 6.45) is 18.0. The van der Waals surface area contributed by atoms with Gasteiger partial charge in [0.25, 0.3) is 0 Å². The van der Waals surface area contributed by atoms with Crippen molar-refractivity contribution in [2.24, 2.45) is 5.73 Å². The highest BCUT2D eigenvalue weighted by molar-refractivity contribution is 4.54. The predicted molar refractivity (Wildman–Crippen MR) is 100 cm³/mol. The van der Waals surface area contributed by atoms with Crippen molar-refractivity contribution in [3.05, 3.63) is 0 Å². The molecule has 0 unspecified atom stereocenters. The van der Waals surface area contributed by atoms with Crippen LogP contribution in [0.4, 0.5) is 0 Å². The average molecular weight is 314 g/mol. The fourth-order valence-electron chi connectivity index (χ4n) is 2.73. The Kier molecular flexibility index (Phi) is 20.8. The Labute approximate surface area is 140 Å². The molecule has 0 atom stereocenters. The molecule has 0 amide bonds. The van der Waals surface area contributed by atoms with E-state index in [0.29, 0.717) is 0 Å². The van der Waals surface area contributed by atoms with E-state index in [-0.39, 0.29) is 0 Å². The molecule has 0 aromatic rings. The summed E-state index contributed by atoms with van der Waals surface area (Å²) in [6.45, 7) is 7.60. The summed E-state index contributed by atoms with van der Waals surface area (Å²) in [6, 6.07) is 0. The van der Waals surface area contributed by atoms with E-state index in [0.717, 1.165) is 32.6 Å². The molecule has 0 aliphatic heterocycles. The van der Waals surface area contributed by atoms with Crippen LogP contribution in [0.5, 0.6) is 0 Å². The number of nitrogens with one attached hydrogen (secondary N) is 2. The molecule has 0 aromatic heterocycles. The molecule has 0 spiro atoms. The third kappa shape index (κ3) is 19.9. The summed E-state index contributed by atoms with van der Waals surface area (Å²) in [5.74, 6) is 0. The molecule has 134 valence electrons. The number of unbranched alkanes of at least 4 members (excludes halogenated alkanes) is 10. The summed E-state index contributed by atoms with van der Waals surface area (Å²) in [4.78, 5) is 0. The van der Waals surface area contributed by atoms with Gasteiger partial charge in [-0.25, -0.2) is 0 Å². The Morgan fingerprint density at radius 3 is 1.41 bits per heavy atom. The van der Waals surface area contributed by atoms with E-state index in [2.05, 4.69) is 17.6 Å². The molecule has 0 saturated heterocycles. The van der Waals surface area contributed by atoms with Crippen molar-refractivity contribution in [1.82, 2.24) is 10.6 Å². The molecule has 3 heteroatoms. The summed E-state index contributed by atoms with van der Waals surface area (Å²) in [5.41, 5.74) is 5.45. The first kappa shape index (κ1) is 21.9. The fourth-order valence-corrected chi connectivity index (χ4v) is 2.73. The monoisotopic (exact) mass is 313 g/mol. The Balaban J connectivity index is 2.91. The molecule has 0 aliphatic rings. The highest BCUT2D eigenvalue weighted by Gasteiger charge is 1.93. The maximum Gasteiger partial charge on any atom is -0.00368 e. The smallest absolute Gasteiger partial charge is 0.00368 e. The minimum Gasteiger partial charge on any atom is -0.330 e. The van der Waals surface area contributed by atoms with Gasteiger partial charge in [-0.1, -0.05) is 71.1 Å². The Hall–Kier alpha value is -0.120. The molecule has 0 radical (unpaired) electrons. The van der Waals surface area contributed by atoms with E-state index in [1.165, 1.54) is 83.6 Å². The zero-order valence-electron chi connectivity index (χ0n) is 15.3. The van der Waals surface area contributed by atoms with Gasteiger partial charge in [-0.05, 0) is 52.0 Å². The van der Waals surface area contributed by atoms with Gasteiger partial charge in [-0.15, -0.1) is 0 Å². The standard InChI is InChI=1S/C19H43N3/c1-2-3-4-5-6-7-8-9-10-11-12-16-21-18-14-19-22-17-13-15-20/h21-22H,2-20H2,1H3. The van der Waals surface area contributed by atoms with Crippen LogP contribution in [0.1, 0.15) is 90.4 Å². The highest BCUT2D eigenvalue weighted by atomic mass is 14.9. The minimum absolute atomic E-state index is 0.796. The summed E-state index contributed by atoms with van der Waals surface area (Å²) >= 11 is 0. The Morgan fingerprint density at radius 1 is 0.500 bits per heavy atom. The topological polar surface area (TPSA) is 50.1 Å². The van der Waals surface area contributed by atoms with Crippen molar-refractivity contribution in [3.8, 4) is 0 Å². The number of rotatable bonds is 19. The summed E-state index contributed by atoms with van der Waals surface area (Å²) in [5, 5.41) is 6.96. The molecule has 0 bridgehead atoms. The lowest BCUT2D eigenvalue weighted by Gasteiger charge is -2.06. The summed E-state index contributed by atoms with van der Waals surface area (Å²) < 4.78 is 0. The van der Waals surface area contributed by atoms with Crippen LogP contribution in [0.3, 0.4) is 0 Å². The Morgan fingerprint density at radius 2 is 0.909 bits per heavy atom. The maximum absolute atomic E-state index is 5.45. The zero-order chi connectivity index (χ0) is 16.1. The lowest BCUT2D eigenvalue weighted by Crippen LogP contribution is -2.24. The van der Waals surface area contributed by atoms with E-state index >= 15 is 0 Å². The van der Waals surface area contributed by atoms with Crippen LogP contribution in [0.15, 0.2) is 0 Å². The van der Waals surface area contributed by atoms with Gasteiger partial charge in [0.05, 0.1) is 0 Å². The maximum atomic E-state index is 5.45. The molecule has 0 aliphatic carbocycles. The second kappa shape index (κ2) is 20.9. The quantitative estimate of drug-likeness (QED) is 0.313. The molecule has 4 N–H and O–H groups in total. The molecule has 22 heavy (non-hydrogen) atoms. The second-order valence-corrected chi connectivity index (χ2v) is 6.53. The van der Waals surface area contributed by atoms with Crippen LogP contribution < -0.4 is 16.4 Å². The van der Waals surface area contributed by atoms with Gasteiger partial charge in [-0.2, -0.15) is 0 Å². The lowest BCUT2D eigenvalue weighted by molar-refractivity contribution is 0.532. The molecule has 0 aromatic carbocycles. The van der Waals surface area contributed by atoms with Gasteiger partial charge in [0.2, 0.25) is 0 Å². The number of hydrogen-bond acceptors (Lipinski definition) is 3. The first-order valence-corrected chi connectivity index (χ1v) is 10.0. The third-order valence-electron chi connectivity index (χ3n) is 4.22. The van der Waals surface area contributed by atoms with E-state index < -0.39 is 0 Å². The molecule has 0 saturated carbocycles. The van der Waals surface area contributed by atoms with Crippen molar-refractivity contribution < 1.29 is 0 Å². The van der Waals surface area contributed by atoms with Crippen molar-refractivity contribution >= 4 is 0 Å². The van der Waals surface area contributed by atoms with E-state index in [1.807, 2.05) is 0 Å². The molecule has 0 fully saturated rings. The van der Waals surface area contributed by atoms with Crippen LogP contribution in [0.25, 0.3) is 0 Å². The van der Waals surface area contributed by atoms with Crippen LogP contribution in [-0.2, 0) is 0 Å². The van der Waals surface area contributed by atoms with Crippen LogP contribution >= 0.6 is 0 Å². The third-order valence-corrected chi connectivity index (χ3v) is 4.22. The van der Waals surface area contributed by atoms with Crippen molar-refractivity contribution in [3.63, 3.8) is 0 Å². The van der Waals surface area contributed by atoms with Crippen molar-refractivity contribution in [2.75, 3.05) is 32.7 Å². The van der Waals surface area contributed by atoms with Crippen LogP contribution in [0.2, 0.25) is 0 Å². The molecular formula is C19H43N3. The van der Waals surface area contributed by atoms with E-state index in [1.54, 1.807) is 0 Å². The highest BCUT2D eigenvalue weighted by Crippen LogP contribution is 2.10. The molecule has 0 heterocycles. The lowest BCUT2D eigenvalue weighted by atomic mass is 10.1. The summed E-state index contributed by atoms with van der Waals surface area (Å²) in [7, 11) is 0. The van der Waals surface area contributed by atoms with Gasteiger partial charge in [0.15, 0.2) is 0 Å². The first-order valence-electron chi connectivity index (χ1n) is 10.0. The van der Waals surface area contributed by atoms with E-state index in [9.17, 15) is 0 Å². The van der Waals surface area contributed by atoms with Gasteiger partial charge in [0, 0.05) is 0 Å².